The van der Waals surface area contributed by atoms with Gasteiger partial charge in [0.2, 0.25) is 0 Å². The molecule has 0 bridgehead atoms. The first kappa shape index (κ1) is 21.5. The molecule has 0 atom stereocenters. The van der Waals surface area contributed by atoms with E-state index in [4.69, 9.17) is 32.7 Å². The lowest BCUT2D eigenvalue weighted by Gasteiger charge is -2.09. The number of thiol groups is 1. The molecule has 0 N–H and O–H groups in total. The molecule has 0 radical (unpaired) electrons. The van der Waals surface area contributed by atoms with Crippen molar-refractivity contribution < 1.29 is 9.47 Å². The van der Waals surface area contributed by atoms with Crippen molar-refractivity contribution in [3.05, 3.63) is 50.9 Å². The van der Waals surface area contributed by atoms with E-state index >= 15 is 0 Å². The minimum atomic E-state index is 0.173. The molecule has 0 saturated carbocycles. The molecular formula is C18H21BrCl2O2S. The Labute approximate surface area is 168 Å². The van der Waals surface area contributed by atoms with Crippen molar-refractivity contribution in [2.45, 2.75) is 44.8 Å². The molecule has 2 aromatic carbocycles. The van der Waals surface area contributed by atoms with Gasteiger partial charge in [-0.15, -0.1) is 12.6 Å². The minimum Gasteiger partial charge on any atom is -0.491 e. The Bertz CT molecular complexity index is 606. The maximum Gasteiger partial charge on any atom is 0.121 e. The first-order valence-electron chi connectivity index (χ1n) is 7.46. The summed E-state index contributed by atoms with van der Waals surface area (Å²) >= 11 is 19.2. The van der Waals surface area contributed by atoms with E-state index in [1.165, 1.54) is 0 Å². The van der Waals surface area contributed by atoms with Crippen LogP contribution < -0.4 is 9.47 Å². The van der Waals surface area contributed by atoms with E-state index in [2.05, 4.69) is 28.6 Å². The number of ether oxygens (including phenoxy) is 2. The van der Waals surface area contributed by atoms with Gasteiger partial charge in [0.15, 0.2) is 0 Å². The fourth-order valence-corrected chi connectivity index (χ4v) is 2.38. The van der Waals surface area contributed by atoms with Crippen LogP contribution in [0.4, 0.5) is 0 Å². The second-order valence-corrected chi connectivity index (χ2v) is 7.67. The topological polar surface area (TPSA) is 18.5 Å². The lowest BCUT2D eigenvalue weighted by atomic mass is 10.3. The van der Waals surface area contributed by atoms with Crippen LogP contribution in [0.3, 0.4) is 0 Å². The first-order chi connectivity index (χ1) is 11.2. The van der Waals surface area contributed by atoms with Crippen LogP contribution >= 0.6 is 51.8 Å². The van der Waals surface area contributed by atoms with Gasteiger partial charge in [-0.25, -0.2) is 0 Å². The van der Waals surface area contributed by atoms with Crippen LogP contribution in [-0.4, -0.2) is 12.2 Å². The minimum absolute atomic E-state index is 0.173. The molecule has 2 aromatic rings. The Hall–Kier alpha value is -0.550. The van der Waals surface area contributed by atoms with Crippen LogP contribution in [0.1, 0.15) is 27.7 Å². The zero-order chi connectivity index (χ0) is 18.3. The summed E-state index contributed by atoms with van der Waals surface area (Å²) in [6.45, 7) is 7.91. The summed E-state index contributed by atoms with van der Waals surface area (Å²) in [5.41, 5.74) is 0. The third-order valence-corrected chi connectivity index (χ3v) is 4.62. The largest absolute Gasteiger partial charge is 0.491 e. The molecule has 0 amide bonds. The van der Waals surface area contributed by atoms with Crippen molar-refractivity contribution in [3.63, 3.8) is 0 Å². The first-order valence-corrected chi connectivity index (χ1v) is 9.45. The highest BCUT2D eigenvalue weighted by Crippen LogP contribution is 2.27. The molecule has 0 aliphatic rings. The molecular weight excluding hydrogens is 431 g/mol. The summed E-state index contributed by atoms with van der Waals surface area (Å²) < 4.78 is 11.8. The molecule has 0 fully saturated rings. The van der Waals surface area contributed by atoms with Crippen LogP contribution in [0.25, 0.3) is 0 Å². The monoisotopic (exact) mass is 450 g/mol. The number of rotatable bonds is 4. The molecule has 2 nitrogen and oxygen atoms in total. The number of benzene rings is 2. The number of halogens is 3. The predicted molar refractivity (Wildman–Crippen MR) is 109 cm³/mol. The summed E-state index contributed by atoms with van der Waals surface area (Å²) in [6.07, 6.45) is 0.356. The lowest BCUT2D eigenvalue weighted by Crippen LogP contribution is -2.05. The molecule has 24 heavy (non-hydrogen) atoms. The molecule has 0 heterocycles. The molecule has 2 rings (SSSR count). The zero-order valence-corrected chi connectivity index (χ0v) is 18.0. The smallest absolute Gasteiger partial charge is 0.121 e. The van der Waals surface area contributed by atoms with Crippen molar-refractivity contribution >= 4 is 51.8 Å². The standard InChI is InChI=1S/C9H10BrClO.C9H11ClOS/c1-6(2)12-7-3-4-8(10)9(11)5-7;1-6(2)11-7-3-4-9(12)8(10)5-7/h3-6H,1-2H3;3-6,12H,1-2H3. The van der Waals surface area contributed by atoms with E-state index in [1.807, 2.05) is 52.0 Å². The van der Waals surface area contributed by atoms with E-state index in [0.29, 0.717) is 10.0 Å². The van der Waals surface area contributed by atoms with E-state index in [1.54, 1.807) is 12.1 Å². The summed E-state index contributed by atoms with van der Waals surface area (Å²) in [5.74, 6) is 1.59. The zero-order valence-electron chi connectivity index (χ0n) is 14.0. The third-order valence-electron chi connectivity index (χ3n) is 2.55. The Morgan fingerprint density at radius 2 is 1.29 bits per heavy atom. The fourth-order valence-electron chi connectivity index (χ4n) is 1.66. The van der Waals surface area contributed by atoms with Crippen molar-refractivity contribution in [1.82, 2.24) is 0 Å². The molecule has 0 spiro atoms. The quantitative estimate of drug-likeness (QED) is 0.491. The molecule has 0 aliphatic carbocycles. The Kier molecular flexibility index (Phi) is 9.35. The maximum atomic E-state index is 5.87. The van der Waals surface area contributed by atoms with Gasteiger partial charge in [0.25, 0.3) is 0 Å². The van der Waals surface area contributed by atoms with Gasteiger partial charge in [0, 0.05) is 9.37 Å². The van der Waals surface area contributed by atoms with Gasteiger partial charge < -0.3 is 9.47 Å². The van der Waals surface area contributed by atoms with Crippen molar-refractivity contribution in [2.75, 3.05) is 0 Å². The van der Waals surface area contributed by atoms with Crippen LogP contribution in [0.2, 0.25) is 10.0 Å². The van der Waals surface area contributed by atoms with Gasteiger partial charge in [-0.2, -0.15) is 0 Å². The molecule has 0 unspecified atom stereocenters. The van der Waals surface area contributed by atoms with Crippen LogP contribution in [-0.2, 0) is 0 Å². The second kappa shape index (κ2) is 10.4. The highest BCUT2D eigenvalue weighted by Gasteiger charge is 2.01. The van der Waals surface area contributed by atoms with E-state index in [-0.39, 0.29) is 12.2 Å². The SMILES string of the molecule is CC(C)Oc1ccc(Br)c(Cl)c1.CC(C)Oc1ccc(S)c(Cl)c1. The summed E-state index contributed by atoms with van der Waals surface area (Å²) in [6, 6.07) is 11.0. The van der Waals surface area contributed by atoms with Gasteiger partial charge in [0.1, 0.15) is 11.5 Å². The Balaban J connectivity index is 0.000000240. The molecule has 0 saturated heterocycles. The molecule has 132 valence electrons. The van der Waals surface area contributed by atoms with Gasteiger partial charge in [0.05, 0.1) is 22.3 Å². The van der Waals surface area contributed by atoms with Gasteiger partial charge >= 0.3 is 0 Å². The van der Waals surface area contributed by atoms with Gasteiger partial charge in [-0.05, 0) is 80.0 Å². The molecule has 0 aromatic heterocycles. The highest BCUT2D eigenvalue weighted by molar-refractivity contribution is 9.10. The summed E-state index contributed by atoms with van der Waals surface area (Å²) in [5, 5.41) is 1.30. The van der Waals surface area contributed by atoms with E-state index in [0.717, 1.165) is 20.9 Å². The van der Waals surface area contributed by atoms with Crippen molar-refractivity contribution in [2.24, 2.45) is 0 Å². The van der Waals surface area contributed by atoms with Crippen molar-refractivity contribution in [3.8, 4) is 11.5 Å². The average Bonchev–Trinajstić information content (AvgIpc) is 2.46. The maximum absolute atomic E-state index is 5.87. The Morgan fingerprint density at radius 3 is 1.71 bits per heavy atom. The number of hydrogen-bond donors (Lipinski definition) is 1. The van der Waals surface area contributed by atoms with Crippen molar-refractivity contribution in [1.29, 1.82) is 0 Å². The Morgan fingerprint density at radius 1 is 0.833 bits per heavy atom. The van der Waals surface area contributed by atoms with Gasteiger partial charge in [-0.1, -0.05) is 23.2 Å². The highest BCUT2D eigenvalue weighted by atomic mass is 79.9. The summed E-state index contributed by atoms with van der Waals surface area (Å²) in [7, 11) is 0. The predicted octanol–water partition coefficient (Wildman–Crippen LogP) is 7.31. The second-order valence-electron chi connectivity index (χ2n) is 5.52. The lowest BCUT2D eigenvalue weighted by molar-refractivity contribution is 0.242. The van der Waals surface area contributed by atoms with E-state index < -0.39 is 0 Å². The molecule has 6 heteroatoms. The summed E-state index contributed by atoms with van der Waals surface area (Å²) in [4.78, 5) is 0.771. The van der Waals surface area contributed by atoms with Crippen LogP contribution in [0.5, 0.6) is 11.5 Å². The number of hydrogen-bond acceptors (Lipinski definition) is 3. The van der Waals surface area contributed by atoms with Gasteiger partial charge in [-0.3, -0.25) is 0 Å². The molecule has 0 aliphatic heterocycles. The average molecular weight is 452 g/mol. The fraction of sp³-hybridized carbons (Fsp3) is 0.333. The van der Waals surface area contributed by atoms with E-state index in [9.17, 15) is 0 Å². The third kappa shape index (κ3) is 8.02. The normalized spacial score (nSPS) is 10.4. The van der Waals surface area contributed by atoms with Crippen LogP contribution in [0, 0.1) is 0 Å². The van der Waals surface area contributed by atoms with Crippen LogP contribution in [0.15, 0.2) is 45.8 Å².